The van der Waals surface area contributed by atoms with E-state index in [0.29, 0.717) is 6.04 Å². The predicted molar refractivity (Wildman–Crippen MR) is 91.8 cm³/mol. The van der Waals surface area contributed by atoms with E-state index in [9.17, 15) is 0 Å². The summed E-state index contributed by atoms with van der Waals surface area (Å²) in [6.07, 6.45) is 2.67. The van der Waals surface area contributed by atoms with Crippen molar-refractivity contribution in [2.45, 2.75) is 60.0 Å². The topological polar surface area (TPSA) is 15.3 Å². The van der Waals surface area contributed by atoms with Gasteiger partial charge in [-0.1, -0.05) is 26.0 Å². The summed E-state index contributed by atoms with van der Waals surface area (Å²) in [6, 6.07) is 5.42. The van der Waals surface area contributed by atoms with Crippen molar-refractivity contribution in [3.63, 3.8) is 0 Å². The third-order valence-electron chi connectivity index (χ3n) is 4.61. The third-order valence-corrected chi connectivity index (χ3v) is 4.61. The molecule has 0 radical (unpaired) electrons. The number of benzene rings is 1. The van der Waals surface area contributed by atoms with Gasteiger partial charge < -0.3 is 5.32 Å². The van der Waals surface area contributed by atoms with Crippen molar-refractivity contribution < 1.29 is 0 Å². The lowest BCUT2D eigenvalue weighted by molar-refractivity contribution is 0.216. The van der Waals surface area contributed by atoms with Crippen molar-refractivity contribution in [1.29, 1.82) is 0 Å². The molecule has 0 amide bonds. The fourth-order valence-corrected chi connectivity index (χ4v) is 3.38. The van der Waals surface area contributed by atoms with E-state index < -0.39 is 0 Å². The van der Waals surface area contributed by atoms with Gasteiger partial charge in [0, 0.05) is 25.7 Å². The van der Waals surface area contributed by atoms with Crippen molar-refractivity contribution in [3.05, 3.63) is 34.4 Å². The predicted octanol–water partition coefficient (Wildman–Crippen LogP) is 3.82. The molecule has 1 saturated heterocycles. The van der Waals surface area contributed by atoms with Gasteiger partial charge in [0.05, 0.1) is 0 Å². The highest BCUT2D eigenvalue weighted by Gasteiger charge is 2.19. The lowest BCUT2D eigenvalue weighted by atomic mass is 10.00. The van der Waals surface area contributed by atoms with E-state index >= 15 is 0 Å². The molecule has 21 heavy (non-hydrogen) atoms. The zero-order valence-electron chi connectivity index (χ0n) is 14.5. The molecular formula is C19H32N2. The minimum atomic E-state index is 0.690. The maximum atomic E-state index is 3.64. The van der Waals surface area contributed by atoms with Gasteiger partial charge in [0.2, 0.25) is 0 Å². The third kappa shape index (κ3) is 4.82. The van der Waals surface area contributed by atoms with Gasteiger partial charge in [-0.05, 0) is 68.3 Å². The molecule has 1 aromatic carbocycles. The van der Waals surface area contributed by atoms with E-state index in [4.69, 9.17) is 0 Å². The first-order valence-corrected chi connectivity index (χ1v) is 8.48. The summed E-state index contributed by atoms with van der Waals surface area (Å²) in [5.41, 5.74) is 5.76. The monoisotopic (exact) mass is 288 g/mol. The number of aryl methyl sites for hydroxylation is 3. The molecule has 2 rings (SSSR count). The molecule has 0 aromatic heterocycles. The summed E-state index contributed by atoms with van der Waals surface area (Å²) < 4.78 is 0. The summed E-state index contributed by atoms with van der Waals surface area (Å²) in [5.74, 6) is 0.721. The molecule has 118 valence electrons. The van der Waals surface area contributed by atoms with Crippen molar-refractivity contribution in [1.82, 2.24) is 10.2 Å². The van der Waals surface area contributed by atoms with Crippen LogP contribution in [0.25, 0.3) is 0 Å². The van der Waals surface area contributed by atoms with Gasteiger partial charge >= 0.3 is 0 Å². The van der Waals surface area contributed by atoms with E-state index in [2.05, 4.69) is 57.0 Å². The smallest absolute Gasteiger partial charge is 0.0237 e. The number of nitrogens with zero attached hydrogens (tertiary/aromatic N) is 1. The summed E-state index contributed by atoms with van der Waals surface area (Å²) >= 11 is 0. The zero-order chi connectivity index (χ0) is 15.4. The van der Waals surface area contributed by atoms with Crippen LogP contribution >= 0.6 is 0 Å². The molecule has 1 atom stereocenters. The van der Waals surface area contributed by atoms with Crippen LogP contribution in [0.1, 0.15) is 48.9 Å². The minimum absolute atomic E-state index is 0.690. The quantitative estimate of drug-likeness (QED) is 0.856. The molecule has 0 bridgehead atoms. The average Bonchev–Trinajstić information content (AvgIpc) is 2.88. The maximum absolute atomic E-state index is 3.64. The molecule has 1 aliphatic heterocycles. The van der Waals surface area contributed by atoms with Crippen LogP contribution in [0.15, 0.2) is 12.1 Å². The minimum Gasteiger partial charge on any atom is -0.313 e. The first kappa shape index (κ1) is 16.5. The van der Waals surface area contributed by atoms with Crippen molar-refractivity contribution in [2.75, 3.05) is 19.6 Å². The molecule has 0 saturated carbocycles. The molecule has 1 N–H and O–H groups in total. The van der Waals surface area contributed by atoms with E-state index in [1.807, 2.05) is 0 Å². The number of nitrogens with one attached hydrogen (secondary N) is 1. The lowest BCUT2D eigenvalue weighted by Gasteiger charge is -2.28. The Labute approximate surface area is 130 Å². The Morgan fingerprint density at radius 1 is 1.14 bits per heavy atom. The molecule has 1 aliphatic rings. The fourth-order valence-electron chi connectivity index (χ4n) is 3.38. The van der Waals surface area contributed by atoms with Crippen molar-refractivity contribution >= 4 is 0 Å². The Kier molecular flexibility index (Phi) is 5.83. The van der Waals surface area contributed by atoms with Crippen LogP contribution in [0.3, 0.4) is 0 Å². The SMILES string of the molecule is Cc1cc(C)c(CN(CC(C)C)CC2CCCN2)cc1C. The standard InChI is InChI=1S/C19H32N2/c1-14(2)11-21(13-19-7-6-8-20-19)12-18-10-16(4)15(3)9-17(18)5/h9-10,14,19-20H,6-8,11-13H2,1-5H3. The van der Waals surface area contributed by atoms with Gasteiger partial charge in [0.1, 0.15) is 0 Å². The first-order chi connectivity index (χ1) is 9.95. The van der Waals surface area contributed by atoms with Gasteiger partial charge in [-0.15, -0.1) is 0 Å². The van der Waals surface area contributed by atoms with Crippen LogP contribution in [0.4, 0.5) is 0 Å². The average molecular weight is 288 g/mol. The molecule has 1 heterocycles. The Morgan fingerprint density at radius 2 is 1.86 bits per heavy atom. The van der Waals surface area contributed by atoms with Crippen LogP contribution in [-0.4, -0.2) is 30.6 Å². The van der Waals surface area contributed by atoms with Crippen LogP contribution < -0.4 is 5.32 Å². The fraction of sp³-hybridized carbons (Fsp3) is 0.684. The molecule has 2 heteroatoms. The second kappa shape index (κ2) is 7.42. The Bertz CT molecular complexity index is 459. The molecule has 1 aromatic rings. The van der Waals surface area contributed by atoms with Crippen LogP contribution in [0.5, 0.6) is 0 Å². The number of hydrogen-bond donors (Lipinski definition) is 1. The summed E-state index contributed by atoms with van der Waals surface area (Å²) in [6.45, 7) is 16.0. The molecular weight excluding hydrogens is 256 g/mol. The summed E-state index contributed by atoms with van der Waals surface area (Å²) in [4.78, 5) is 2.64. The highest BCUT2D eigenvalue weighted by atomic mass is 15.2. The van der Waals surface area contributed by atoms with Gasteiger partial charge in [0.15, 0.2) is 0 Å². The maximum Gasteiger partial charge on any atom is 0.0237 e. The molecule has 1 unspecified atom stereocenters. The highest BCUT2D eigenvalue weighted by molar-refractivity contribution is 5.36. The Hall–Kier alpha value is -0.860. The summed E-state index contributed by atoms with van der Waals surface area (Å²) in [7, 11) is 0. The Balaban J connectivity index is 2.08. The van der Waals surface area contributed by atoms with Crippen LogP contribution in [-0.2, 0) is 6.54 Å². The van der Waals surface area contributed by atoms with Crippen molar-refractivity contribution in [2.24, 2.45) is 5.92 Å². The molecule has 0 spiro atoms. The highest BCUT2D eigenvalue weighted by Crippen LogP contribution is 2.19. The molecule has 1 fully saturated rings. The van der Waals surface area contributed by atoms with Crippen molar-refractivity contribution in [3.8, 4) is 0 Å². The zero-order valence-corrected chi connectivity index (χ0v) is 14.5. The molecule has 2 nitrogen and oxygen atoms in total. The van der Waals surface area contributed by atoms with E-state index in [1.54, 1.807) is 0 Å². The first-order valence-electron chi connectivity index (χ1n) is 8.48. The van der Waals surface area contributed by atoms with Crippen LogP contribution in [0, 0.1) is 26.7 Å². The second-order valence-corrected chi connectivity index (χ2v) is 7.24. The largest absolute Gasteiger partial charge is 0.313 e. The van der Waals surface area contributed by atoms with E-state index in [-0.39, 0.29) is 0 Å². The van der Waals surface area contributed by atoms with Gasteiger partial charge in [-0.3, -0.25) is 4.90 Å². The van der Waals surface area contributed by atoms with Crippen LogP contribution in [0.2, 0.25) is 0 Å². The summed E-state index contributed by atoms with van der Waals surface area (Å²) in [5, 5.41) is 3.64. The van der Waals surface area contributed by atoms with Gasteiger partial charge in [-0.2, -0.15) is 0 Å². The number of rotatable bonds is 6. The van der Waals surface area contributed by atoms with Gasteiger partial charge in [0.25, 0.3) is 0 Å². The normalized spacial score (nSPS) is 18.9. The van der Waals surface area contributed by atoms with E-state index in [0.717, 1.165) is 12.5 Å². The van der Waals surface area contributed by atoms with E-state index in [1.165, 1.54) is 54.7 Å². The second-order valence-electron chi connectivity index (χ2n) is 7.24. The van der Waals surface area contributed by atoms with Gasteiger partial charge in [-0.25, -0.2) is 0 Å². The molecule has 0 aliphatic carbocycles. The Morgan fingerprint density at radius 3 is 2.48 bits per heavy atom. The lowest BCUT2D eigenvalue weighted by Crippen LogP contribution is -2.39. The number of hydrogen-bond acceptors (Lipinski definition) is 2.